The Morgan fingerprint density at radius 1 is 1.19 bits per heavy atom. The van der Waals surface area contributed by atoms with E-state index in [9.17, 15) is 9.90 Å². The molecule has 1 aliphatic rings. The molecule has 0 bridgehead atoms. The minimum Gasteiger partial charge on any atom is -0.464 e. The summed E-state index contributed by atoms with van der Waals surface area (Å²) in [5, 5.41) is 12.9. The Bertz CT molecular complexity index is 887. The molecule has 1 aromatic carbocycles. The Balaban J connectivity index is 1.50. The van der Waals surface area contributed by atoms with Gasteiger partial charge in [0.15, 0.2) is 0 Å². The first-order valence-corrected chi connectivity index (χ1v) is 9.21. The van der Waals surface area contributed by atoms with E-state index in [0.717, 1.165) is 36.1 Å². The van der Waals surface area contributed by atoms with E-state index in [4.69, 9.17) is 4.42 Å². The van der Waals surface area contributed by atoms with Gasteiger partial charge in [0.25, 0.3) is 5.91 Å². The molecule has 1 fully saturated rings. The number of hydrogen-bond acceptors (Lipinski definition) is 4. The second-order valence-corrected chi connectivity index (χ2v) is 7.08. The lowest BCUT2D eigenvalue weighted by atomic mass is 9.75. The molecule has 5 heteroatoms. The van der Waals surface area contributed by atoms with Gasteiger partial charge in [-0.3, -0.25) is 9.78 Å². The van der Waals surface area contributed by atoms with Gasteiger partial charge >= 0.3 is 0 Å². The van der Waals surface area contributed by atoms with Crippen LogP contribution >= 0.6 is 0 Å². The van der Waals surface area contributed by atoms with Crippen LogP contribution < -0.4 is 5.32 Å². The summed E-state index contributed by atoms with van der Waals surface area (Å²) in [6.07, 6.45) is 7.06. The number of aliphatic hydroxyl groups is 1. The minimum atomic E-state index is -0.255. The summed E-state index contributed by atoms with van der Waals surface area (Å²) in [6, 6.07) is 15.0. The lowest BCUT2D eigenvalue weighted by molar-refractivity contribution is 0.0239. The number of rotatable bonds is 6. The summed E-state index contributed by atoms with van der Waals surface area (Å²) in [4.78, 5) is 16.9. The van der Waals surface area contributed by atoms with Crippen LogP contribution in [0.25, 0.3) is 11.3 Å². The number of nitrogens with zero attached hydrogens (tertiary/aromatic N) is 1. The summed E-state index contributed by atoms with van der Waals surface area (Å²) in [5.41, 5.74) is 2.60. The first kappa shape index (κ1) is 17.5. The molecule has 0 saturated heterocycles. The van der Waals surface area contributed by atoms with Gasteiger partial charge in [-0.15, -0.1) is 0 Å². The van der Waals surface area contributed by atoms with Crippen molar-refractivity contribution in [3.05, 3.63) is 78.3 Å². The summed E-state index contributed by atoms with van der Waals surface area (Å²) < 4.78 is 5.43. The van der Waals surface area contributed by atoms with Crippen LogP contribution in [-0.2, 0) is 6.42 Å². The topological polar surface area (TPSA) is 75.4 Å². The van der Waals surface area contributed by atoms with Gasteiger partial charge in [-0.05, 0) is 67.1 Å². The molecule has 2 heterocycles. The number of aliphatic hydroxyl groups excluding tert-OH is 1. The van der Waals surface area contributed by atoms with Gasteiger partial charge in [-0.2, -0.15) is 0 Å². The Kier molecular flexibility index (Phi) is 5.03. The van der Waals surface area contributed by atoms with Crippen molar-refractivity contribution in [3.63, 3.8) is 0 Å². The quantitative estimate of drug-likeness (QED) is 0.704. The average molecular weight is 362 g/mol. The van der Waals surface area contributed by atoms with Gasteiger partial charge in [-0.25, -0.2) is 0 Å². The minimum absolute atomic E-state index is 0.0180. The molecule has 0 spiro atoms. The highest BCUT2D eigenvalue weighted by molar-refractivity contribution is 5.95. The smallest absolute Gasteiger partial charge is 0.251 e. The monoisotopic (exact) mass is 362 g/mol. The predicted molar refractivity (Wildman–Crippen MR) is 102 cm³/mol. The van der Waals surface area contributed by atoms with Crippen LogP contribution in [0.1, 0.15) is 28.8 Å². The molecule has 138 valence electrons. The molecule has 3 aromatic rings. The Labute approximate surface area is 158 Å². The summed E-state index contributed by atoms with van der Waals surface area (Å²) in [7, 11) is 0. The third-order valence-corrected chi connectivity index (χ3v) is 5.17. The van der Waals surface area contributed by atoms with Gasteiger partial charge in [-0.1, -0.05) is 12.1 Å². The number of amides is 1. The van der Waals surface area contributed by atoms with Crippen molar-refractivity contribution >= 4 is 5.91 Å². The highest BCUT2D eigenvalue weighted by Crippen LogP contribution is 2.32. The molecule has 1 atom stereocenters. The van der Waals surface area contributed by atoms with E-state index in [1.54, 1.807) is 24.7 Å². The molecular formula is C22H22N2O3. The Morgan fingerprint density at radius 3 is 2.70 bits per heavy atom. The van der Waals surface area contributed by atoms with Gasteiger partial charge in [0.1, 0.15) is 5.76 Å². The van der Waals surface area contributed by atoms with Crippen LogP contribution in [0.2, 0.25) is 0 Å². The summed E-state index contributed by atoms with van der Waals surface area (Å²) >= 11 is 0. The molecular weight excluding hydrogens is 340 g/mol. The van der Waals surface area contributed by atoms with Crippen LogP contribution in [0.4, 0.5) is 0 Å². The normalized spacial score (nSPS) is 19.9. The van der Waals surface area contributed by atoms with E-state index in [1.165, 1.54) is 0 Å². The molecule has 1 saturated carbocycles. The van der Waals surface area contributed by atoms with Crippen molar-refractivity contribution in [2.45, 2.75) is 31.4 Å². The standard InChI is InChI=1S/C22H22N2O3/c25-19-13-18(14-19)20(11-15-6-8-23-9-7-15)24-22(26)17-4-1-3-16(12-17)21-5-2-10-27-21/h1-10,12,18-20,25H,11,13-14H2,(H,24,26)/t18?,19?,20-/m1/s1. The number of pyridine rings is 1. The number of carbonyl (C=O) groups is 1. The maximum Gasteiger partial charge on any atom is 0.251 e. The third-order valence-electron chi connectivity index (χ3n) is 5.17. The van der Waals surface area contributed by atoms with Crippen molar-refractivity contribution in [2.75, 3.05) is 0 Å². The first-order chi connectivity index (χ1) is 13.2. The van der Waals surface area contributed by atoms with E-state index < -0.39 is 0 Å². The van der Waals surface area contributed by atoms with E-state index in [-0.39, 0.29) is 24.0 Å². The van der Waals surface area contributed by atoms with Crippen molar-refractivity contribution in [2.24, 2.45) is 5.92 Å². The second-order valence-electron chi connectivity index (χ2n) is 7.08. The SMILES string of the molecule is O=C(N[C@H](Cc1ccncc1)C1CC(O)C1)c1cccc(-c2ccco2)c1. The van der Waals surface area contributed by atoms with Crippen LogP contribution in [0.5, 0.6) is 0 Å². The number of nitrogens with one attached hydrogen (secondary N) is 1. The highest BCUT2D eigenvalue weighted by Gasteiger charge is 2.34. The molecule has 4 rings (SSSR count). The van der Waals surface area contributed by atoms with E-state index in [1.807, 2.05) is 42.5 Å². The predicted octanol–water partition coefficient (Wildman–Crippen LogP) is 3.45. The maximum atomic E-state index is 12.9. The van der Waals surface area contributed by atoms with Gasteiger partial charge in [0, 0.05) is 29.6 Å². The molecule has 1 aliphatic carbocycles. The Morgan fingerprint density at radius 2 is 2.00 bits per heavy atom. The lowest BCUT2D eigenvalue weighted by Crippen LogP contribution is -2.48. The van der Waals surface area contributed by atoms with Gasteiger partial charge in [0.05, 0.1) is 12.4 Å². The van der Waals surface area contributed by atoms with Crippen molar-refractivity contribution in [1.82, 2.24) is 10.3 Å². The zero-order valence-electron chi connectivity index (χ0n) is 14.9. The van der Waals surface area contributed by atoms with Crippen LogP contribution in [-0.4, -0.2) is 28.1 Å². The molecule has 0 unspecified atom stereocenters. The summed E-state index contributed by atoms with van der Waals surface area (Å²) in [6.45, 7) is 0. The van der Waals surface area contributed by atoms with Crippen molar-refractivity contribution in [1.29, 1.82) is 0 Å². The lowest BCUT2D eigenvalue weighted by Gasteiger charge is -2.38. The third kappa shape index (κ3) is 4.09. The fraction of sp³-hybridized carbons (Fsp3) is 0.273. The molecule has 5 nitrogen and oxygen atoms in total. The van der Waals surface area contributed by atoms with Crippen LogP contribution in [0.15, 0.2) is 71.6 Å². The fourth-order valence-corrected chi connectivity index (χ4v) is 3.58. The number of furan rings is 1. The number of hydrogen-bond donors (Lipinski definition) is 2. The molecule has 1 amide bonds. The van der Waals surface area contributed by atoms with Crippen molar-refractivity contribution in [3.8, 4) is 11.3 Å². The zero-order chi connectivity index (χ0) is 18.6. The van der Waals surface area contributed by atoms with Crippen LogP contribution in [0, 0.1) is 5.92 Å². The van der Waals surface area contributed by atoms with Gasteiger partial charge in [0.2, 0.25) is 0 Å². The average Bonchev–Trinajstić information content (AvgIpc) is 3.21. The number of benzene rings is 1. The molecule has 2 aromatic heterocycles. The highest BCUT2D eigenvalue weighted by atomic mass is 16.3. The van der Waals surface area contributed by atoms with E-state index in [0.29, 0.717) is 5.56 Å². The van der Waals surface area contributed by atoms with E-state index in [2.05, 4.69) is 10.3 Å². The molecule has 0 aliphatic heterocycles. The first-order valence-electron chi connectivity index (χ1n) is 9.21. The van der Waals surface area contributed by atoms with E-state index >= 15 is 0 Å². The van der Waals surface area contributed by atoms with Crippen LogP contribution in [0.3, 0.4) is 0 Å². The Hall–Kier alpha value is -2.92. The maximum absolute atomic E-state index is 12.9. The number of carbonyl (C=O) groups excluding carboxylic acids is 1. The fourth-order valence-electron chi connectivity index (χ4n) is 3.58. The molecule has 27 heavy (non-hydrogen) atoms. The van der Waals surface area contributed by atoms with Crippen molar-refractivity contribution < 1.29 is 14.3 Å². The second kappa shape index (κ2) is 7.76. The zero-order valence-corrected chi connectivity index (χ0v) is 14.9. The summed E-state index contributed by atoms with van der Waals surface area (Å²) in [5.74, 6) is 0.911. The number of aromatic nitrogens is 1. The largest absolute Gasteiger partial charge is 0.464 e. The molecule has 0 radical (unpaired) electrons. The molecule has 2 N–H and O–H groups in total. The van der Waals surface area contributed by atoms with Gasteiger partial charge < -0.3 is 14.8 Å².